The first kappa shape index (κ1) is 21.2. The van der Waals surface area contributed by atoms with Crippen molar-refractivity contribution in [3.8, 4) is 0 Å². The minimum Gasteiger partial charge on any atom is -0.357 e. The lowest BCUT2D eigenvalue weighted by molar-refractivity contribution is -0.136. The van der Waals surface area contributed by atoms with Gasteiger partial charge in [0, 0.05) is 37.3 Å². The summed E-state index contributed by atoms with van der Waals surface area (Å²) in [5, 5.41) is 14.3. The Balaban J connectivity index is 1.33. The van der Waals surface area contributed by atoms with E-state index in [1.165, 1.54) is 0 Å². The van der Waals surface area contributed by atoms with Crippen LogP contribution in [0.25, 0.3) is 11.8 Å². The zero-order valence-corrected chi connectivity index (χ0v) is 19.9. The van der Waals surface area contributed by atoms with E-state index in [1.807, 2.05) is 47.8 Å². The second kappa shape index (κ2) is 8.13. The molecule has 34 heavy (non-hydrogen) atoms. The van der Waals surface area contributed by atoms with Crippen molar-refractivity contribution < 1.29 is 4.79 Å². The molecule has 2 unspecified atom stereocenters. The third-order valence-electron chi connectivity index (χ3n) is 6.99. The van der Waals surface area contributed by atoms with Crippen molar-refractivity contribution in [3.63, 3.8) is 0 Å². The highest BCUT2D eigenvalue weighted by molar-refractivity contribution is 6.30. The summed E-state index contributed by atoms with van der Waals surface area (Å²) in [6.45, 7) is 6.05. The van der Waals surface area contributed by atoms with Crippen LogP contribution in [0.3, 0.4) is 0 Å². The van der Waals surface area contributed by atoms with E-state index in [-0.39, 0.29) is 24.0 Å². The summed E-state index contributed by atoms with van der Waals surface area (Å²) in [7, 11) is 0. The van der Waals surface area contributed by atoms with E-state index in [4.69, 9.17) is 16.7 Å². The Bertz CT molecular complexity index is 1320. The maximum atomic E-state index is 11.9. The summed E-state index contributed by atoms with van der Waals surface area (Å²) in [6, 6.07) is 10.5. The Morgan fingerprint density at radius 3 is 2.82 bits per heavy atom. The first-order valence-electron chi connectivity index (χ1n) is 11.7. The third kappa shape index (κ3) is 3.44. The van der Waals surface area contributed by atoms with Gasteiger partial charge in [-0.15, -0.1) is 10.2 Å². The lowest BCUT2D eigenvalue weighted by Crippen LogP contribution is -2.50. The number of halogens is 1. The van der Waals surface area contributed by atoms with Gasteiger partial charge in [-0.3, -0.25) is 9.48 Å². The third-order valence-corrected chi connectivity index (χ3v) is 7.22. The zero-order valence-electron chi connectivity index (χ0n) is 19.2. The van der Waals surface area contributed by atoms with Crippen molar-refractivity contribution in [2.45, 2.75) is 44.9 Å². The van der Waals surface area contributed by atoms with Crippen molar-refractivity contribution in [1.82, 2.24) is 34.3 Å². The van der Waals surface area contributed by atoms with Crippen LogP contribution in [0.5, 0.6) is 0 Å². The molecule has 6 rings (SSSR count). The largest absolute Gasteiger partial charge is 0.357 e. The Hall–Kier alpha value is -3.39. The van der Waals surface area contributed by atoms with Gasteiger partial charge in [0.1, 0.15) is 11.5 Å². The zero-order chi connectivity index (χ0) is 23.4. The summed E-state index contributed by atoms with van der Waals surface area (Å²) in [4.78, 5) is 16.2. The minimum absolute atomic E-state index is 0.0932. The number of aromatic nitrogens is 5. The summed E-state index contributed by atoms with van der Waals surface area (Å²) in [5.74, 6) is 1.97. The monoisotopic (exact) mass is 475 g/mol. The number of aryl methyl sites for hydroxylation is 1. The average molecular weight is 476 g/mol. The van der Waals surface area contributed by atoms with Crippen molar-refractivity contribution in [2.24, 2.45) is 0 Å². The Labute approximate surface area is 203 Å². The normalized spacial score (nSPS) is 21.3. The Morgan fingerprint density at radius 2 is 2.03 bits per heavy atom. The first-order chi connectivity index (χ1) is 16.5. The number of hydrogen-bond donors (Lipinski definition) is 0. The molecule has 3 aromatic rings. The summed E-state index contributed by atoms with van der Waals surface area (Å²) in [5.41, 5.74) is 3.16. The molecule has 1 fully saturated rings. The number of nitrogens with zero attached hydrogens (tertiary/aromatic N) is 7. The van der Waals surface area contributed by atoms with Crippen LogP contribution in [-0.4, -0.2) is 59.4 Å². The molecule has 3 aliphatic rings. The number of amides is 1. The van der Waals surface area contributed by atoms with Crippen molar-refractivity contribution in [1.29, 1.82) is 0 Å². The predicted octanol–water partition coefficient (Wildman–Crippen LogP) is 3.72. The van der Waals surface area contributed by atoms with Gasteiger partial charge in [0.15, 0.2) is 5.82 Å². The molecule has 0 radical (unpaired) electrons. The van der Waals surface area contributed by atoms with E-state index in [0.717, 1.165) is 46.7 Å². The van der Waals surface area contributed by atoms with Gasteiger partial charge in [-0.25, -0.2) is 0 Å². The van der Waals surface area contributed by atoms with Gasteiger partial charge >= 0.3 is 0 Å². The Morgan fingerprint density at radius 1 is 1.18 bits per heavy atom. The molecule has 3 aliphatic heterocycles. The van der Waals surface area contributed by atoms with Gasteiger partial charge in [0.2, 0.25) is 5.91 Å². The van der Waals surface area contributed by atoms with Gasteiger partial charge in [-0.2, -0.15) is 5.10 Å². The number of carbonyl (C=O) groups is 1. The number of likely N-dealkylation sites (tertiary alicyclic amines) is 1. The van der Waals surface area contributed by atoms with E-state index in [1.54, 1.807) is 0 Å². The van der Waals surface area contributed by atoms with Crippen LogP contribution in [0.15, 0.2) is 48.7 Å². The fraction of sp³-hybridized carbons (Fsp3) is 0.360. The topological polar surface area (TPSA) is 72.1 Å². The molecule has 2 atom stereocenters. The molecule has 174 valence electrons. The molecule has 0 aliphatic carbocycles. The van der Waals surface area contributed by atoms with E-state index in [0.29, 0.717) is 13.0 Å². The molecule has 0 saturated carbocycles. The summed E-state index contributed by atoms with van der Waals surface area (Å²) in [6.07, 6.45) is 9.11. The quantitative estimate of drug-likeness (QED) is 0.562. The molecule has 0 spiro atoms. The van der Waals surface area contributed by atoms with Crippen LogP contribution in [-0.2, 0) is 11.3 Å². The number of hydrogen-bond acceptors (Lipinski definition) is 5. The number of fused-ring (bicyclic) bond motifs is 3. The van der Waals surface area contributed by atoms with Crippen LogP contribution in [0, 0.1) is 6.92 Å². The van der Waals surface area contributed by atoms with Crippen LogP contribution >= 0.6 is 11.6 Å². The maximum Gasteiger partial charge on any atom is 0.222 e. The Kier molecular flexibility index (Phi) is 5.06. The fourth-order valence-electron chi connectivity index (χ4n) is 5.18. The highest BCUT2D eigenvalue weighted by Crippen LogP contribution is 2.41. The standard InChI is InChI=1S/C25H26ClN7O/c1-3-25(34)30-14-19(15-30)32-10-9-20(29-32)22-12-23-21(7-8-24-28-27-16(2)33(23)24)31(22)13-17-5-4-6-18(26)11-17/h4-12,19,21,23H,3,13-15H2,1-2H3. The van der Waals surface area contributed by atoms with Crippen LogP contribution in [0.2, 0.25) is 5.02 Å². The molecule has 1 amide bonds. The molecule has 2 aromatic heterocycles. The molecule has 1 saturated heterocycles. The second-order valence-corrected chi connectivity index (χ2v) is 9.55. The minimum atomic E-state index is 0.0932. The number of benzene rings is 1. The van der Waals surface area contributed by atoms with Gasteiger partial charge < -0.3 is 14.4 Å². The SMILES string of the molecule is CCC(=O)N1CC(n2ccc(C3=CC4C(C=Cc5nnc(C)n54)N3Cc3cccc(Cl)c3)n2)C1. The van der Waals surface area contributed by atoms with Crippen LogP contribution in [0.4, 0.5) is 0 Å². The molecular weight excluding hydrogens is 450 g/mol. The first-order valence-corrected chi connectivity index (χ1v) is 12.1. The molecular formula is C25H26ClN7O. The molecule has 9 heteroatoms. The van der Waals surface area contributed by atoms with Crippen LogP contribution < -0.4 is 0 Å². The number of carbonyl (C=O) groups excluding carboxylic acids is 1. The van der Waals surface area contributed by atoms with Gasteiger partial charge in [-0.1, -0.05) is 36.7 Å². The predicted molar refractivity (Wildman–Crippen MR) is 130 cm³/mol. The smallest absolute Gasteiger partial charge is 0.222 e. The number of rotatable bonds is 5. The van der Waals surface area contributed by atoms with Crippen molar-refractivity contribution in [2.75, 3.05) is 13.1 Å². The van der Waals surface area contributed by atoms with Gasteiger partial charge in [0.25, 0.3) is 0 Å². The summed E-state index contributed by atoms with van der Waals surface area (Å²) >= 11 is 6.29. The maximum absolute atomic E-state index is 11.9. The lowest BCUT2D eigenvalue weighted by atomic mass is 10.1. The van der Waals surface area contributed by atoms with Crippen molar-refractivity contribution in [3.05, 3.63) is 76.6 Å². The molecule has 1 aromatic carbocycles. The van der Waals surface area contributed by atoms with E-state index >= 15 is 0 Å². The van der Waals surface area contributed by atoms with Crippen molar-refractivity contribution >= 4 is 29.3 Å². The van der Waals surface area contributed by atoms with E-state index in [2.05, 4.69) is 50.0 Å². The van der Waals surface area contributed by atoms with Gasteiger partial charge in [0.05, 0.1) is 23.8 Å². The molecule has 5 heterocycles. The highest BCUT2D eigenvalue weighted by Gasteiger charge is 2.39. The highest BCUT2D eigenvalue weighted by atomic mass is 35.5. The molecule has 0 N–H and O–H groups in total. The molecule has 8 nitrogen and oxygen atoms in total. The molecule has 0 bridgehead atoms. The van der Waals surface area contributed by atoms with Gasteiger partial charge in [-0.05, 0) is 42.8 Å². The van der Waals surface area contributed by atoms with E-state index in [9.17, 15) is 4.79 Å². The average Bonchev–Trinajstić information content (AvgIpc) is 3.50. The fourth-order valence-corrected chi connectivity index (χ4v) is 5.39. The van der Waals surface area contributed by atoms with E-state index < -0.39 is 0 Å². The lowest BCUT2D eigenvalue weighted by Gasteiger charge is -2.39. The summed E-state index contributed by atoms with van der Waals surface area (Å²) < 4.78 is 4.19. The second-order valence-electron chi connectivity index (χ2n) is 9.11. The van der Waals surface area contributed by atoms with Crippen LogP contribution in [0.1, 0.15) is 48.3 Å².